The van der Waals surface area contributed by atoms with Crippen LogP contribution in [0.5, 0.6) is 0 Å². The first-order valence-corrected chi connectivity index (χ1v) is 10.5. The minimum atomic E-state index is -3.66. The number of benzene rings is 2. The van der Waals surface area contributed by atoms with E-state index in [4.69, 9.17) is 5.26 Å². The molecule has 148 valence electrons. The van der Waals surface area contributed by atoms with E-state index in [9.17, 15) is 13.2 Å². The number of anilines is 1. The van der Waals surface area contributed by atoms with Gasteiger partial charge in [-0.3, -0.25) is 4.79 Å². The monoisotopic (exact) mass is 399 g/mol. The molecular weight excluding hydrogens is 374 g/mol. The molecule has 0 aliphatic rings. The highest BCUT2D eigenvalue weighted by molar-refractivity contribution is 7.89. The van der Waals surface area contributed by atoms with E-state index in [0.29, 0.717) is 12.1 Å². The molecule has 1 amide bonds. The second-order valence-corrected chi connectivity index (χ2v) is 9.27. The number of sulfonamides is 1. The van der Waals surface area contributed by atoms with Crippen LogP contribution in [0.2, 0.25) is 0 Å². The first-order valence-electron chi connectivity index (χ1n) is 8.98. The van der Waals surface area contributed by atoms with Gasteiger partial charge in [0, 0.05) is 18.7 Å². The van der Waals surface area contributed by atoms with Crippen LogP contribution in [0.1, 0.15) is 38.3 Å². The summed E-state index contributed by atoms with van der Waals surface area (Å²) in [5, 5.41) is 11.4. The lowest BCUT2D eigenvalue weighted by Gasteiger charge is -2.19. The van der Waals surface area contributed by atoms with E-state index in [1.165, 1.54) is 0 Å². The van der Waals surface area contributed by atoms with Crippen molar-refractivity contribution in [3.05, 3.63) is 59.7 Å². The normalized spacial score (nSPS) is 11.6. The maximum absolute atomic E-state index is 12.4. The Morgan fingerprint density at radius 1 is 1.04 bits per heavy atom. The van der Waals surface area contributed by atoms with Gasteiger partial charge >= 0.3 is 0 Å². The minimum absolute atomic E-state index is 0.00169. The number of hydrogen-bond donors (Lipinski definition) is 2. The van der Waals surface area contributed by atoms with Gasteiger partial charge in [0.2, 0.25) is 15.9 Å². The highest BCUT2D eigenvalue weighted by Gasteiger charge is 2.17. The standard InChI is InChI=1S/C21H25N3O3S/c1-21(2,3)17-6-10-19(11-7-17)28(26,27)23-15-13-20(25)24-18-8-4-16(5-9-18)12-14-22/h4-11,23H,12-13,15H2,1-3H3,(H,24,25). The average Bonchev–Trinajstić information content (AvgIpc) is 2.63. The summed E-state index contributed by atoms with van der Waals surface area (Å²) in [5.41, 5.74) is 2.46. The number of nitrogens with zero attached hydrogens (tertiary/aromatic N) is 1. The third-order valence-electron chi connectivity index (χ3n) is 4.20. The Kier molecular flexibility index (Phi) is 6.95. The molecule has 2 aromatic carbocycles. The molecular formula is C21H25N3O3S. The molecule has 0 aromatic heterocycles. The molecule has 0 unspecified atom stereocenters. The molecule has 0 saturated carbocycles. The largest absolute Gasteiger partial charge is 0.326 e. The highest BCUT2D eigenvalue weighted by atomic mass is 32.2. The predicted molar refractivity (Wildman–Crippen MR) is 109 cm³/mol. The fraction of sp³-hybridized carbons (Fsp3) is 0.333. The minimum Gasteiger partial charge on any atom is -0.326 e. The van der Waals surface area contributed by atoms with Crippen LogP contribution in [0.3, 0.4) is 0 Å². The first-order chi connectivity index (χ1) is 13.1. The van der Waals surface area contributed by atoms with Crippen LogP contribution >= 0.6 is 0 Å². The van der Waals surface area contributed by atoms with Crippen LogP contribution in [-0.2, 0) is 26.7 Å². The number of amides is 1. The van der Waals surface area contributed by atoms with Crippen LogP contribution in [0.25, 0.3) is 0 Å². The number of nitrogens with one attached hydrogen (secondary N) is 2. The van der Waals surface area contributed by atoms with Crippen LogP contribution < -0.4 is 10.0 Å². The predicted octanol–water partition coefficient (Wildman–Crippen LogP) is 3.36. The first kappa shape index (κ1) is 21.6. The molecule has 0 radical (unpaired) electrons. The number of hydrogen-bond acceptors (Lipinski definition) is 4. The summed E-state index contributed by atoms with van der Waals surface area (Å²) in [6.45, 7) is 6.18. The van der Waals surface area contributed by atoms with Crippen LogP contribution in [0, 0.1) is 11.3 Å². The van der Waals surface area contributed by atoms with Crippen LogP contribution in [0.4, 0.5) is 5.69 Å². The molecule has 0 fully saturated rings. The Bertz CT molecular complexity index is 952. The van der Waals surface area contributed by atoms with Crippen molar-refractivity contribution < 1.29 is 13.2 Å². The average molecular weight is 400 g/mol. The van der Waals surface area contributed by atoms with Gasteiger partial charge in [0.15, 0.2) is 0 Å². The van der Waals surface area contributed by atoms with E-state index in [-0.39, 0.29) is 29.2 Å². The third-order valence-corrected chi connectivity index (χ3v) is 5.67. The summed E-state index contributed by atoms with van der Waals surface area (Å²) < 4.78 is 27.2. The fourth-order valence-electron chi connectivity index (χ4n) is 2.54. The lowest BCUT2D eigenvalue weighted by Crippen LogP contribution is -2.28. The van der Waals surface area contributed by atoms with Crippen molar-refractivity contribution in [2.75, 3.05) is 11.9 Å². The summed E-state index contributed by atoms with van der Waals surface area (Å²) in [7, 11) is -3.66. The Morgan fingerprint density at radius 2 is 1.64 bits per heavy atom. The van der Waals surface area contributed by atoms with E-state index in [1.807, 2.05) is 0 Å². The van der Waals surface area contributed by atoms with E-state index in [1.54, 1.807) is 48.5 Å². The summed E-state index contributed by atoms with van der Waals surface area (Å²) >= 11 is 0. The van der Waals surface area contributed by atoms with Gasteiger partial charge in [-0.05, 0) is 40.8 Å². The van der Waals surface area contributed by atoms with Gasteiger partial charge in [-0.25, -0.2) is 13.1 Å². The Balaban J connectivity index is 1.87. The molecule has 0 bridgehead atoms. The van der Waals surface area contributed by atoms with Crippen molar-refractivity contribution >= 4 is 21.6 Å². The molecule has 2 N–H and O–H groups in total. The van der Waals surface area contributed by atoms with Gasteiger partial charge < -0.3 is 5.32 Å². The highest BCUT2D eigenvalue weighted by Crippen LogP contribution is 2.23. The summed E-state index contributed by atoms with van der Waals surface area (Å²) in [6, 6.07) is 15.8. The van der Waals surface area contributed by atoms with Gasteiger partial charge in [-0.2, -0.15) is 5.26 Å². The molecule has 6 nitrogen and oxygen atoms in total. The zero-order chi connectivity index (χ0) is 20.8. The van der Waals surface area contributed by atoms with Crippen molar-refractivity contribution in [3.8, 4) is 6.07 Å². The van der Waals surface area contributed by atoms with Gasteiger partial charge in [-0.1, -0.05) is 45.0 Å². The molecule has 7 heteroatoms. The molecule has 0 aliphatic carbocycles. The van der Waals surface area contributed by atoms with E-state index in [0.717, 1.165) is 11.1 Å². The zero-order valence-electron chi connectivity index (χ0n) is 16.3. The van der Waals surface area contributed by atoms with Crippen LogP contribution in [0.15, 0.2) is 53.4 Å². The fourth-order valence-corrected chi connectivity index (χ4v) is 3.57. The second-order valence-electron chi connectivity index (χ2n) is 7.50. The number of carbonyl (C=O) groups excluding carboxylic acids is 1. The van der Waals surface area contributed by atoms with Crippen LogP contribution in [-0.4, -0.2) is 20.9 Å². The van der Waals surface area contributed by atoms with Crippen molar-refractivity contribution in [1.82, 2.24) is 4.72 Å². The molecule has 0 atom stereocenters. The maximum Gasteiger partial charge on any atom is 0.240 e. The molecule has 0 aliphatic heterocycles. The number of nitriles is 1. The molecule has 0 saturated heterocycles. The smallest absolute Gasteiger partial charge is 0.240 e. The van der Waals surface area contributed by atoms with Gasteiger partial charge in [0.05, 0.1) is 17.4 Å². The zero-order valence-corrected chi connectivity index (χ0v) is 17.1. The number of rotatable bonds is 7. The van der Waals surface area contributed by atoms with Gasteiger partial charge in [-0.15, -0.1) is 0 Å². The Morgan fingerprint density at radius 3 is 2.18 bits per heavy atom. The number of carbonyl (C=O) groups is 1. The van der Waals surface area contributed by atoms with E-state index in [2.05, 4.69) is 36.9 Å². The Hall–Kier alpha value is -2.69. The lowest BCUT2D eigenvalue weighted by molar-refractivity contribution is -0.116. The molecule has 0 spiro atoms. The Labute approximate surface area is 166 Å². The molecule has 2 aromatic rings. The second kappa shape index (κ2) is 9.00. The van der Waals surface area contributed by atoms with Gasteiger partial charge in [0.25, 0.3) is 0 Å². The maximum atomic E-state index is 12.4. The van der Waals surface area contributed by atoms with Crippen molar-refractivity contribution in [2.45, 2.75) is 43.9 Å². The van der Waals surface area contributed by atoms with Crippen molar-refractivity contribution in [3.63, 3.8) is 0 Å². The SMILES string of the molecule is CC(C)(C)c1ccc(S(=O)(=O)NCCC(=O)Nc2ccc(CC#N)cc2)cc1. The van der Waals surface area contributed by atoms with E-state index < -0.39 is 10.0 Å². The van der Waals surface area contributed by atoms with Crippen molar-refractivity contribution in [1.29, 1.82) is 5.26 Å². The van der Waals surface area contributed by atoms with E-state index >= 15 is 0 Å². The van der Waals surface area contributed by atoms with Crippen molar-refractivity contribution in [2.24, 2.45) is 0 Å². The third kappa shape index (κ3) is 6.19. The topological polar surface area (TPSA) is 99.1 Å². The summed E-state index contributed by atoms with van der Waals surface area (Å²) in [5.74, 6) is -0.293. The summed E-state index contributed by atoms with van der Waals surface area (Å²) in [6.07, 6.45) is 0.325. The lowest BCUT2D eigenvalue weighted by atomic mass is 9.87. The molecule has 0 heterocycles. The summed E-state index contributed by atoms with van der Waals surface area (Å²) in [4.78, 5) is 12.2. The molecule has 28 heavy (non-hydrogen) atoms. The van der Waals surface area contributed by atoms with Gasteiger partial charge in [0.1, 0.15) is 0 Å². The quantitative estimate of drug-likeness (QED) is 0.746. The molecule has 2 rings (SSSR count).